The molecule has 0 bridgehead atoms. The van der Waals surface area contributed by atoms with E-state index in [1.165, 1.54) is 38.2 Å². The average Bonchev–Trinajstić information content (AvgIpc) is 3.03. The third-order valence-electron chi connectivity index (χ3n) is 9.57. The van der Waals surface area contributed by atoms with Gasteiger partial charge in [0.15, 0.2) is 11.9 Å². The zero-order chi connectivity index (χ0) is 21.0. The zero-order valence-electron chi connectivity index (χ0n) is 18.4. The molecule has 0 aromatic carbocycles. The van der Waals surface area contributed by atoms with Crippen LogP contribution in [0.4, 0.5) is 0 Å². The molecule has 29 heavy (non-hydrogen) atoms. The Morgan fingerprint density at radius 1 is 1.17 bits per heavy atom. The lowest BCUT2D eigenvalue weighted by atomic mass is 9.46. The van der Waals surface area contributed by atoms with Gasteiger partial charge in [0.25, 0.3) is 0 Å². The van der Waals surface area contributed by atoms with Crippen molar-refractivity contribution in [2.75, 3.05) is 0 Å². The highest BCUT2D eigenvalue weighted by Gasteiger charge is 2.60. The normalized spacial score (nSPS) is 43.1. The van der Waals surface area contributed by atoms with Gasteiger partial charge >= 0.3 is 5.97 Å². The summed E-state index contributed by atoms with van der Waals surface area (Å²) >= 11 is 0. The quantitative estimate of drug-likeness (QED) is 0.612. The molecule has 0 unspecified atom stereocenters. The number of rotatable bonds is 3. The monoisotopic (exact) mass is 397 g/mol. The van der Waals surface area contributed by atoms with E-state index in [4.69, 9.17) is 4.74 Å². The van der Waals surface area contributed by atoms with Crippen molar-refractivity contribution in [1.29, 1.82) is 5.26 Å². The molecule has 4 aliphatic rings. The van der Waals surface area contributed by atoms with Gasteiger partial charge in [-0.25, -0.2) is 0 Å². The van der Waals surface area contributed by atoms with Gasteiger partial charge in [0.1, 0.15) is 6.07 Å². The summed E-state index contributed by atoms with van der Waals surface area (Å²) in [6.45, 7) is 8.37. The third kappa shape index (κ3) is 3.16. The number of ether oxygens (including phenoxy) is 1. The van der Waals surface area contributed by atoms with Crippen LogP contribution in [0.15, 0.2) is 11.6 Å². The van der Waals surface area contributed by atoms with Crippen LogP contribution in [-0.2, 0) is 14.3 Å². The van der Waals surface area contributed by atoms with Crippen LogP contribution in [0.2, 0.25) is 0 Å². The highest BCUT2D eigenvalue weighted by molar-refractivity contribution is 5.91. The first kappa shape index (κ1) is 20.6. The second kappa shape index (κ2) is 7.25. The van der Waals surface area contributed by atoms with E-state index in [-0.39, 0.29) is 22.7 Å². The fraction of sp³-hybridized carbons (Fsp3) is 0.800. The van der Waals surface area contributed by atoms with Crippen molar-refractivity contribution in [2.45, 2.75) is 85.2 Å². The highest BCUT2D eigenvalue weighted by Crippen LogP contribution is 2.67. The summed E-state index contributed by atoms with van der Waals surface area (Å²) < 4.78 is 5.36. The molecule has 0 N–H and O–H groups in total. The lowest BCUT2D eigenvalue weighted by molar-refractivity contribution is -0.148. The molecule has 0 amide bonds. The molecule has 0 spiro atoms. The number of hydrogen-bond donors (Lipinski definition) is 0. The van der Waals surface area contributed by atoms with Gasteiger partial charge in [0.05, 0.1) is 0 Å². The van der Waals surface area contributed by atoms with Gasteiger partial charge < -0.3 is 4.74 Å². The van der Waals surface area contributed by atoms with Crippen molar-refractivity contribution < 1.29 is 14.3 Å². The minimum Gasteiger partial charge on any atom is -0.447 e. The molecule has 4 rings (SSSR count). The largest absolute Gasteiger partial charge is 0.447 e. The van der Waals surface area contributed by atoms with E-state index in [1.807, 2.05) is 6.08 Å². The number of ketones is 1. The lowest BCUT2D eigenvalue weighted by Crippen LogP contribution is -2.51. The van der Waals surface area contributed by atoms with E-state index < -0.39 is 6.10 Å². The number of esters is 1. The molecule has 4 nitrogen and oxygen atoms in total. The molecule has 4 heteroatoms. The number of fused-ring (bicyclic) bond motifs is 5. The average molecular weight is 398 g/mol. The van der Waals surface area contributed by atoms with Gasteiger partial charge in [0, 0.05) is 19.3 Å². The molecule has 158 valence electrons. The first-order chi connectivity index (χ1) is 13.7. The van der Waals surface area contributed by atoms with E-state index in [0.29, 0.717) is 30.0 Å². The number of hydrogen-bond acceptors (Lipinski definition) is 4. The fourth-order valence-corrected chi connectivity index (χ4v) is 8.10. The Kier molecular flexibility index (Phi) is 5.16. The molecular formula is C25H35NO3. The number of carbonyl (C=O) groups is 2. The smallest absolute Gasteiger partial charge is 0.303 e. The Morgan fingerprint density at radius 2 is 1.93 bits per heavy atom. The molecule has 3 fully saturated rings. The number of allylic oxidation sites excluding steroid dienone is 1. The summed E-state index contributed by atoms with van der Waals surface area (Å²) in [5, 5.41) is 9.60. The highest BCUT2D eigenvalue weighted by atomic mass is 16.5. The SMILES string of the molecule is CC(=O)O[C@@H](C#N)[C@@H](C)[C@H]1CC[C@H]2[C@@H]3CCC4=CC(=O)CC[C@]4(C)[C@H]3CC[C@]12C. The fourth-order valence-electron chi connectivity index (χ4n) is 8.10. The van der Waals surface area contributed by atoms with Crippen molar-refractivity contribution in [2.24, 2.45) is 40.4 Å². The van der Waals surface area contributed by atoms with Crippen molar-refractivity contribution in [3.05, 3.63) is 11.6 Å². The maximum Gasteiger partial charge on any atom is 0.303 e. The van der Waals surface area contributed by atoms with Crippen LogP contribution in [0, 0.1) is 51.8 Å². The van der Waals surface area contributed by atoms with Gasteiger partial charge in [-0.15, -0.1) is 0 Å². The van der Waals surface area contributed by atoms with Crippen LogP contribution in [-0.4, -0.2) is 17.9 Å². The maximum atomic E-state index is 12.0. The molecule has 0 heterocycles. The summed E-state index contributed by atoms with van der Waals surface area (Å²) in [7, 11) is 0. The van der Waals surface area contributed by atoms with Crippen LogP contribution in [0.3, 0.4) is 0 Å². The first-order valence-electron chi connectivity index (χ1n) is 11.5. The van der Waals surface area contributed by atoms with Crippen LogP contribution in [0.5, 0.6) is 0 Å². The van der Waals surface area contributed by atoms with Crippen LogP contribution in [0.25, 0.3) is 0 Å². The summed E-state index contributed by atoms with van der Waals surface area (Å²) in [6.07, 6.45) is 10.1. The van der Waals surface area contributed by atoms with Gasteiger partial charge in [-0.1, -0.05) is 26.3 Å². The maximum absolute atomic E-state index is 12.0. The predicted octanol–water partition coefficient (Wildman–Crippen LogP) is 5.23. The molecule has 0 aromatic rings. The van der Waals surface area contributed by atoms with Crippen LogP contribution < -0.4 is 0 Å². The summed E-state index contributed by atoms with van der Waals surface area (Å²) in [5.41, 5.74) is 1.84. The molecule has 8 atom stereocenters. The van der Waals surface area contributed by atoms with Crippen molar-refractivity contribution in [1.82, 2.24) is 0 Å². The second-order valence-electron chi connectivity index (χ2n) is 10.7. The van der Waals surface area contributed by atoms with E-state index in [9.17, 15) is 14.9 Å². The molecule has 0 aliphatic heterocycles. The van der Waals surface area contributed by atoms with E-state index in [0.717, 1.165) is 25.2 Å². The van der Waals surface area contributed by atoms with E-state index in [1.54, 1.807) is 0 Å². The molecule has 3 saturated carbocycles. The summed E-state index contributed by atoms with van der Waals surface area (Å²) in [5.74, 6) is 2.53. The van der Waals surface area contributed by atoms with Crippen LogP contribution in [0.1, 0.15) is 79.1 Å². The summed E-state index contributed by atoms with van der Waals surface area (Å²) in [4.78, 5) is 23.5. The number of nitriles is 1. The molecule has 0 radical (unpaired) electrons. The minimum atomic E-state index is -0.645. The minimum absolute atomic E-state index is 0.0670. The van der Waals surface area contributed by atoms with Gasteiger partial charge in [-0.2, -0.15) is 5.26 Å². The number of carbonyl (C=O) groups excluding carboxylic acids is 2. The molecular weight excluding hydrogens is 362 g/mol. The molecule has 0 saturated heterocycles. The van der Waals surface area contributed by atoms with Gasteiger partial charge in [-0.05, 0) is 85.5 Å². The number of nitrogens with zero attached hydrogens (tertiary/aromatic N) is 1. The Balaban J connectivity index is 1.58. The standard InChI is InChI=1S/C25H35NO3/c1-15(23(14-26)29-16(2)27)20-7-8-21-19-6-5-17-13-18(28)9-11-24(17,3)22(19)10-12-25(20,21)4/h13,15,19-23H,5-12H2,1-4H3/t15-,19-,20+,21-,22-,23-,24-,25+/m0/s1. The van der Waals surface area contributed by atoms with Gasteiger partial charge in [0.2, 0.25) is 0 Å². The van der Waals surface area contributed by atoms with Gasteiger partial charge in [-0.3, -0.25) is 9.59 Å². The zero-order valence-corrected chi connectivity index (χ0v) is 18.4. The Morgan fingerprint density at radius 3 is 2.62 bits per heavy atom. The van der Waals surface area contributed by atoms with Crippen molar-refractivity contribution >= 4 is 11.8 Å². The van der Waals surface area contributed by atoms with Crippen LogP contribution >= 0.6 is 0 Å². The van der Waals surface area contributed by atoms with E-state index >= 15 is 0 Å². The molecule has 4 aliphatic carbocycles. The Hall–Kier alpha value is -1.63. The van der Waals surface area contributed by atoms with Crippen molar-refractivity contribution in [3.63, 3.8) is 0 Å². The predicted molar refractivity (Wildman–Crippen MR) is 111 cm³/mol. The summed E-state index contributed by atoms with van der Waals surface area (Å²) in [6, 6.07) is 2.24. The molecule has 0 aromatic heterocycles. The second-order valence-corrected chi connectivity index (χ2v) is 10.7. The Bertz CT molecular complexity index is 779. The van der Waals surface area contributed by atoms with Crippen molar-refractivity contribution in [3.8, 4) is 6.07 Å². The third-order valence-corrected chi connectivity index (χ3v) is 9.57. The Labute approximate surface area is 175 Å². The van der Waals surface area contributed by atoms with E-state index in [2.05, 4.69) is 26.8 Å². The lowest BCUT2D eigenvalue weighted by Gasteiger charge is -2.58. The topological polar surface area (TPSA) is 67.2 Å². The first-order valence-corrected chi connectivity index (χ1v) is 11.5.